The van der Waals surface area contributed by atoms with Crippen LogP contribution in [0.25, 0.3) is 0 Å². The van der Waals surface area contributed by atoms with E-state index in [2.05, 4.69) is 57.1 Å². The van der Waals surface area contributed by atoms with Gasteiger partial charge in [0.05, 0.1) is 13.2 Å². The Morgan fingerprint density at radius 3 is 2.23 bits per heavy atom. The van der Waals surface area contributed by atoms with E-state index in [0.29, 0.717) is 18.6 Å². The second-order valence-electron chi connectivity index (χ2n) is 6.22. The van der Waals surface area contributed by atoms with Crippen LogP contribution in [-0.4, -0.2) is 62.8 Å². The normalized spacial score (nSPS) is 15.2. The predicted octanol–water partition coefficient (Wildman–Crippen LogP) is 2.33. The molecular weight excluding hydrogens is 276 g/mol. The third-order valence-electron chi connectivity index (χ3n) is 3.68. The number of nitrogens with one attached hydrogen (secondary N) is 2. The lowest BCUT2D eigenvalue weighted by Crippen LogP contribution is -2.45. The monoisotopic (exact) mass is 314 g/mol. The topological polar surface area (TPSA) is 48.9 Å². The Hall–Kier alpha value is -0.810. The highest BCUT2D eigenvalue weighted by Crippen LogP contribution is 2.12. The van der Waals surface area contributed by atoms with Crippen LogP contribution in [0.3, 0.4) is 0 Å². The molecular formula is C17H38N4O. The Morgan fingerprint density at radius 1 is 1.14 bits per heavy atom. The average Bonchev–Trinajstić information content (AvgIpc) is 2.45. The summed E-state index contributed by atoms with van der Waals surface area (Å²) < 4.78 is 5.18. The molecule has 5 heteroatoms. The molecule has 0 bridgehead atoms. The molecule has 0 saturated heterocycles. The Labute approximate surface area is 137 Å². The van der Waals surface area contributed by atoms with Gasteiger partial charge in [0.2, 0.25) is 0 Å². The van der Waals surface area contributed by atoms with E-state index in [-0.39, 0.29) is 6.04 Å². The number of ether oxygens (including phenoxy) is 1. The molecule has 0 amide bonds. The average molecular weight is 315 g/mol. The molecule has 0 heterocycles. The second-order valence-corrected chi connectivity index (χ2v) is 6.22. The van der Waals surface area contributed by atoms with Gasteiger partial charge in [0.25, 0.3) is 0 Å². The zero-order valence-corrected chi connectivity index (χ0v) is 15.8. The van der Waals surface area contributed by atoms with Gasteiger partial charge in [0.15, 0.2) is 5.96 Å². The van der Waals surface area contributed by atoms with E-state index in [1.165, 1.54) is 6.42 Å². The fraction of sp³-hybridized carbons (Fsp3) is 0.941. The molecule has 0 aromatic rings. The van der Waals surface area contributed by atoms with Crippen molar-refractivity contribution < 1.29 is 4.74 Å². The van der Waals surface area contributed by atoms with Crippen LogP contribution in [0, 0.1) is 5.92 Å². The van der Waals surface area contributed by atoms with E-state index < -0.39 is 0 Å². The summed E-state index contributed by atoms with van der Waals surface area (Å²) in [6.45, 7) is 17.7. The zero-order chi connectivity index (χ0) is 17.0. The molecule has 0 rings (SSSR count). The van der Waals surface area contributed by atoms with E-state index in [0.717, 1.165) is 32.1 Å². The lowest BCUT2D eigenvalue weighted by molar-refractivity contribution is 0.178. The highest BCUT2D eigenvalue weighted by atomic mass is 16.5. The van der Waals surface area contributed by atoms with E-state index >= 15 is 0 Å². The Morgan fingerprint density at radius 2 is 1.77 bits per heavy atom. The fourth-order valence-corrected chi connectivity index (χ4v) is 2.66. The first-order valence-corrected chi connectivity index (χ1v) is 8.76. The summed E-state index contributed by atoms with van der Waals surface area (Å²) in [5, 5.41) is 6.72. The van der Waals surface area contributed by atoms with Crippen molar-refractivity contribution in [1.29, 1.82) is 0 Å². The van der Waals surface area contributed by atoms with Crippen LogP contribution >= 0.6 is 0 Å². The maximum atomic E-state index is 5.18. The van der Waals surface area contributed by atoms with Crippen LogP contribution in [0.5, 0.6) is 0 Å². The smallest absolute Gasteiger partial charge is 0.191 e. The summed E-state index contributed by atoms with van der Waals surface area (Å²) in [6.07, 6.45) is 1.18. The molecule has 0 fully saturated rings. The third kappa shape index (κ3) is 9.26. The first kappa shape index (κ1) is 21.2. The lowest BCUT2D eigenvalue weighted by atomic mass is 10.0. The van der Waals surface area contributed by atoms with Gasteiger partial charge in [-0.15, -0.1) is 0 Å². The van der Waals surface area contributed by atoms with Gasteiger partial charge in [-0.2, -0.15) is 0 Å². The van der Waals surface area contributed by atoms with Crippen molar-refractivity contribution in [3.05, 3.63) is 0 Å². The van der Waals surface area contributed by atoms with Crippen molar-refractivity contribution in [3.8, 4) is 0 Å². The maximum absolute atomic E-state index is 5.18. The maximum Gasteiger partial charge on any atom is 0.191 e. The minimum Gasteiger partial charge on any atom is -0.383 e. The summed E-state index contributed by atoms with van der Waals surface area (Å²) >= 11 is 0. The molecule has 2 atom stereocenters. The van der Waals surface area contributed by atoms with Crippen LogP contribution < -0.4 is 10.6 Å². The fourth-order valence-electron chi connectivity index (χ4n) is 2.66. The van der Waals surface area contributed by atoms with E-state index in [1.54, 1.807) is 7.11 Å². The van der Waals surface area contributed by atoms with Gasteiger partial charge in [-0.25, -0.2) is 0 Å². The summed E-state index contributed by atoms with van der Waals surface area (Å²) in [6, 6.07) is 0.753. The summed E-state index contributed by atoms with van der Waals surface area (Å²) in [5.74, 6) is 1.57. The summed E-state index contributed by atoms with van der Waals surface area (Å²) in [5.41, 5.74) is 0. The minimum atomic E-state index is 0.250. The highest BCUT2D eigenvalue weighted by molar-refractivity contribution is 5.80. The third-order valence-corrected chi connectivity index (χ3v) is 3.68. The number of methoxy groups -OCH3 is 1. The predicted molar refractivity (Wildman–Crippen MR) is 96.6 cm³/mol. The molecule has 0 saturated carbocycles. The number of likely N-dealkylation sites (N-methyl/N-ethyl adjacent to an activating group) is 1. The molecule has 0 aliphatic rings. The van der Waals surface area contributed by atoms with E-state index in [9.17, 15) is 0 Å². The lowest BCUT2D eigenvalue weighted by Gasteiger charge is -2.30. The van der Waals surface area contributed by atoms with E-state index in [1.807, 2.05) is 0 Å². The largest absolute Gasteiger partial charge is 0.383 e. The molecule has 5 nitrogen and oxygen atoms in total. The van der Waals surface area contributed by atoms with Gasteiger partial charge in [-0.1, -0.05) is 27.7 Å². The molecule has 132 valence electrons. The number of rotatable bonds is 11. The standard InChI is InChI=1S/C17H38N4O/c1-8-18-17(20-15(6)13-22-7)19-12-16(11-14(4)5)21(9-2)10-3/h14-16H,8-13H2,1-7H3,(H2,18,19,20). The van der Waals surface area contributed by atoms with Crippen molar-refractivity contribution in [1.82, 2.24) is 15.5 Å². The molecule has 0 aromatic heterocycles. The molecule has 0 radical (unpaired) electrons. The Bertz CT molecular complexity index is 290. The van der Waals surface area contributed by atoms with Crippen LogP contribution in [0.15, 0.2) is 4.99 Å². The summed E-state index contributed by atoms with van der Waals surface area (Å²) in [4.78, 5) is 7.31. The quantitative estimate of drug-likeness (QED) is 0.454. The number of hydrogen-bond acceptors (Lipinski definition) is 3. The zero-order valence-electron chi connectivity index (χ0n) is 15.8. The number of aliphatic imine (C=N–C) groups is 1. The van der Waals surface area contributed by atoms with Crippen LogP contribution in [0.1, 0.15) is 48.0 Å². The molecule has 0 aliphatic heterocycles. The van der Waals surface area contributed by atoms with Gasteiger partial charge in [0, 0.05) is 25.7 Å². The van der Waals surface area contributed by atoms with Crippen molar-refractivity contribution in [3.63, 3.8) is 0 Å². The van der Waals surface area contributed by atoms with Gasteiger partial charge in [0.1, 0.15) is 0 Å². The minimum absolute atomic E-state index is 0.250. The van der Waals surface area contributed by atoms with Gasteiger partial charge in [-0.3, -0.25) is 9.89 Å². The molecule has 22 heavy (non-hydrogen) atoms. The van der Waals surface area contributed by atoms with Gasteiger partial charge >= 0.3 is 0 Å². The Balaban J connectivity index is 4.80. The van der Waals surface area contributed by atoms with Crippen molar-refractivity contribution in [2.45, 2.75) is 60.0 Å². The molecule has 2 unspecified atom stereocenters. The first-order valence-electron chi connectivity index (χ1n) is 8.76. The molecule has 0 aromatic carbocycles. The number of guanidine groups is 1. The van der Waals surface area contributed by atoms with Gasteiger partial charge < -0.3 is 15.4 Å². The molecule has 2 N–H and O–H groups in total. The number of hydrogen-bond donors (Lipinski definition) is 2. The van der Waals surface area contributed by atoms with E-state index in [4.69, 9.17) is 9.73 Å². The highest BCUT2D eigenvalue weighted by Gasteiger charge is 2.17. The molecule has 0 aliphatic carbocycles. The second kappa shape index (κ2) is 12.7. The van der Waals surface area contributed by atoms with Crippen molar-refractivity contribution in [2.24, 2.45) is 10.9 Å². The van der Waals surface area contributed by atoms with Crippen molar-refractivity contribution >= 4 is 5.96 Å². The van der Waals surface area contributed by atoms with Crippen LogP contribution in [0.4, 0.5) is 0 Å². The van der Waals surface area contributed by atoms with Gasteiger partial charge in [-0.05, 0) is 39.3 Å². The SMILES string of the molecule is CCNC(=NCC(CC(C)C)N(CC)CC)NC(C)COC. The molecule has 0 spiro atoms. The van der Waals surface area contributed by atoms with Crippen molar-refractivity contribution in [2.75, 3.05) is 39.9 Å². The van der Waals surface area contributed by atoms with Crippen LogP contribution in [-0.2, 0) is 4.74 Å². The Kier molecular flexibility index (Phi) is 12.2. The first-order chi connectivity index (χ1) is 10.5. The number of nitrogens with zero attached hydrogens (tertiary/aromatic N) is 2. The van der Waals surface area contributed by atoms with Crippen LogP contribution in [0.2, 0.25) is 0 Å². The summed E-state index contributed by atoms with van der Waals surface area (Å²) in [7, 11) is 1.72.